The van der Waals surface area contributed by atoms with E-state index in [4.69, 9.17) is 23.7 Å². The lowest BCUT2D eigenvalue weighted by molar-refractivity contribution is -0.239. The van der Waals surface area contributed by atoms with E-state index in [0.717, 1.165) is 0 Å². The standard InChI is InChI=1S/C34H32O12/c1-15-25(37)43-23-22(36)32-20-14-19(30(2,3)4)31(32)24(27(39)45-29(31)46-34(32,28(40)42-20)33(15,23)41)44-26(38)18-12-10-17(11-13-18)21(35)16-8-6-5-7-9-16/h5-13,15,19-20,22-24,29,36,41H,14H2,1-4H3/t15-,19+,20?,22+,23+,24+,29?,31?,32?,33-,34+/m1/s1. The van der Waals surface area contributed by atoms with Crippen LogP contribution in [0.3, 0.4) is 0 Å². The zero-order valence-corrected chi connectivity index (χ0v) is 25.4. The highest BCUT2D eigenvalue weighted by Crippen LogP contribution is 2.84. The second kappa shape index (κ2) is 8.81. The molecule has 12 heteroatoms. The van der Waals surface area contributed by atoms with E-state index in [-0.39, 0.29) is 17.8 Å². The van der Waals surface area contributed by atoms with E-state index in [0.29, 0.717) is 11.1 Å². The van der Waals surface area contributed by atoms with Crippen molar-refractivity contribution in [2.75, 3.05) is 0 Å². The largest absolute Gasteiger partial charge is 0.459 e. The van der Waals surface area contributed by atoms with Crippen molar-refractivity contribution in [3.8, 4) is 0 Å². The predicted octanol–water partition coefficient (Wildman–Crippen LogP) is 1.73. The lowest BCUT2D eigenvalue weighted by Gasteiger charge is -2.48. The average Bonchev–Trinajstić information content (AvgIpc) is 3.75. The maximum atomic E-state index is 13.9. The Morgan fingerprint density at radius 1 is 0.891 bits per heavy atom. The fraction of sp³-hybridized carbons (Fsp3) is 0.500. The molecule has 0 aromatic heterocycles. The van der Waals surface area contributed by atoms with Crippen LogP contribution in [0.5, 0.6) is 0 Å². The normalized spacial score (nSPS) is 42.9. The van der Waals surface area contributed by atoms with Gasteiger partial charge in [-0.05, 0) is 36.8 Å². The van der Waals surface area contributed by atoms with Crippen molar-refractivity contribution in [2.45, 2.75) is 76.0 Å². The summed E-state index contributed by atoms with van der Waals surface area (Å²) in [7, 11) is 0. The van der Waals surface area contributed by atoms with E-state index in [1.165, 1.54) is 31.2 Å². The van der Waals surface area contributed by atoms with Crippen molar-refractivity contribution < 1.29 is 57.9 Å². The van der Waals surface area contributed by atoms with E-state index in [9.17, 15) is 34.2 Å². The third kappa shape index (κ3) is 2.91. The first-order chi connectivity index (χ1) is 21.7. The Kier molecular flexibility index (Phi) is 5.61. The molecule has 4 aliphatic heterocycles. The number of esters is 4. The summed E-state index contributed by atoms with van der Waals surface area (Å²) < 4.78 is 29.5. The number of ether oxygens (including phenoxy) is 5. The van der Waals surface area contributed by atoms with Crippen LogP contribution in [-0.4, -0.2) is 81.8 Å². The van der Waals surface area contributed by atoms with Crippen LogP contribution in [0.25, 0.3) is 0 Å². The molecule has 0 bridgehead atoms. The molecule has 6 fully saturated rings. The molecule has 4 saturated heterocycles. The van der Waals surface area contributed by atoms with Crippen LogP contribution >= 0.6 is 0 Å². The molecular formula is C34H32O12. The van der Waals surface area contributed by atoms with Crippen molar-refractivity contribution in [3.05, 3.63) is 71.3 Å². The lowest BCUT2D eigenvalue weighted by atomic mass is 9.51. The summed E-state index contributed by atoms with van der Waals surface area (Å²) in [6, 6.07) is 14.4. The van der Waals surface area contributed by atoms with Crippen molar-refractivity contribution in [3.63, 3.8) is 0 Å². The van der Waals surface area contributed by atoms with Gasteiger partial charge in [0.05, 0.1) is 22.3 Å². The Morgan fingerprint density at radius 3 is 2.17 bits per heavy atom. The maximum absolute atomic E-state index is 13.9. The number of ketones is 1. The molecule has 12 nitrogen and oxygen atoms in total. The van der Waals surface area contributed by atoms with Gasteiger partial charge in [-0.25, -0.2) is 14.4 Å². The summed E-state index contributed by atoms with van der Waals surface area (Å²) in [5.41, 5.74) is -8.19. The Labute approximate surface area is 262 Å². The Balaban J connectivity index is 1.23. The van der Waals surface area contributed by atoms with Gasteiger partial charge in [-0.1, -0.05) is 63.2 Å². The molecule has 6 aliphatic rings. The Bertz CT molecular complexity index is 1730. The number of aliphatic hydroxyl groups excluding tert-OH is 1. The molecule has 2 aliphatic carbocycles. The zero-order valence-electron chi connectivity index (χ0n) is 25.4. The molecule has 46 heavy (non-hydrogen) atoms. The van der Waals surface area contributed by atoms with Crippen molar-refractivity contribution in [1.29, 1.82) is 0 Å². The molecule has 2 aromatic carbocycles. The van der Waals surface area contributed by atoms with Gasteiger partial charge in [-0.2, -0.15) is 0 Å². The van der Waals surface area contributed by atoms with Gasteiger partial charge in [0, 0.05) is 11.1 Å². The number of carbonyl (C=O) groups excluding carboxylic acids is 5. The summed E-state index contributed by atoms with van der Waals surface area (Å²) in [4.78, 5) is 67.1. The Hall–Kier alpha value is -4.13. The molecule has 8 rings (SSSR count). The number of benzene rings is 2. The smallest absolute Gasteiger partial charge is 0.350 e. The fourth-order valence-corrected chi connectivity index (χ4v) is 9.93. The SMILES string of the molecule is C[C@@H]1C(=O)O[C@H]2[C@H](O)C34C5C[C@@H](C(C)(C)C)C36C(OC(=O)[C@@H]6OC(=O)c3ccc(C(=O)c6ccccc6)cc3)O[C@]4(C(=O)O5)[C@@]12O. The molecule has 2 N–H and O–H groups in total. The van der Waals surface area contributed by atoms with Crippen molar-refractivity contribution >= 4 is 29.7 Å². The highest BCUT2D eigenvalue weighted by molar-refractivity contribution is 6.09. The first kappa shape index (κ1) is 29.3. The van der Waals surface area contributed by atoms with E-state index in [1.54, 1.807) is 30.3 Å². The van der Waals surface area contributed by atoms with E-state index in [1.807, 2.05) is 20.8 Å². The predicted molar refractivity (Wildman–Crippen MR) is 152 cm³/mol. The van der Waals surface area contributed by atoms with Crippen LogP contribution in [0.1, 0.15) is 60.4 Å². The van der Waals surface area contributed by atoms with Gasteiger partial charge in [-0.3, -0.25) is 9.59 Å². The van der Waals surface area contributed by atoms with Gasteiger partial charge in [0.15, 0.2) is 17.5 Å². The molecule has 2 aromatic rings. The van der Waals surface area contributed by atoms with Crippen molar-refractivity contribution in [2.24, 2.45) is 28.1 Å². The van der Waals surface area contributed by atoms with E-state index >= 15 is 0 Å². The van der Waals surface area contributed by atoms with Crippen LogP contribution < -0.4 is 0 Å². The molecule has 4 unspecified atom stereocenters. The Morgan fingerprint density at radius 2 is 1.52 bits per heavy atom. The minimum Gasteiger partial charge on any atom is -0.459 e. The highest BCUT2D eigenvalue weighted by atomic mass is 16.8. The third-order valence-electron chi connectivity index (χ3n) is 11.6. The second-order valence-corrected chi connectivity index (χ2v) is 14.3. The fourth-order valence-electron chi connectivity index (χ4n) is 9.93. The molecule has 0 amide bonds. The van der Waals surface area contributed by atoms with Crippen LogP contribution in [0, 0.1) is 28.1 Å². The van der Waals surface area contributed by atoms with Gasteiger partial charge >= 0.3 is 23.9 Å². The lowest BCUT2D eigenvalue weighted by Crippen LogP contribution is -2.67. The summed E-state index contributed by atoms with van der Waals surface area (Å²) in [6.07, 6.45) is -7.54. The topological polar surface area (TPSA) is 172 Å². The number of hydrogen-bond donors (Lipinski definition) is 2. The van der Waals surface area contributed by atoms with Gasteiger partial charge in [0.25, 0.3) is 0 Å². The molecule has 240 valence electrons. The van der Waals surface area contributed by atoms with Gasteiger partial charge in [0.1, 0.15) is 12.2 Å². The van der Waals surface area contributed by atoms with Gasteiger partial charge < -0.3 is 33.9 Å². The first-order valence-electron chi connectivity index (χ1n) is 15.3. The van der Waals surface area contributed by atoms with Crippen LogP contribution in [0.2, 0.25) is 0 Å². The van der Waals surface area contributed by atoms with Gasteiger partial charge in [0.2, 0.25) is 18.0 Å². The number of aliphatic hydroxyl groups is 2. The molecule has 11 atom stereocenters. The van der Waals surface area contributed by atoms with E-state index < -0.39 is 93.9 Å². The monoisotopic (exact) mass is 632 g/mol. The minimum atomic E-state index is -2.37. The number of fused-ring (bicyclic) bond motifs is 1. The summed E-state index contributed by atoms with van der Waals surface area (Å²) in [5.74, 6) is -5.89. The summed E-state index contributed by atoms with van der Waals surface area (Å²) >= 11 is 0. The number of rotatable bonds is 4. The molecule has 2 saturated carbocycles. The van der Waals surface area contributed by atoms with Crippen LogP contribution in [0.15, 0.2) is 54.6 Å². The maximum Gasteiger partial charge on any atom is 0.350 e. The summed E-state index contributed by atoms with van der Waals surface area (Å²) in [6.45, 7) is 7.06. The molecule has 2 spiro atoms. The minimum absolute atomic E-state index is 0.0329. The first-order valence-corrected chi connectivity index (χ1v) is 15.3. The van der Waals surface area contributed by atoms with E-state index in [2.05, 4.69) is 0 Å². The third-order valence-corrected chi connectivity index (χ3v) is 11.6. The average molecular weight is 633 g/mol. The van der Waals surface area contributed by atoms with Crippen LogP contribution in [-0.2, 0) is 38.1 Å². The quantitative estimate of drug-likeness (QED) is 0.285. The summed E-state index contributed by atoms with van der Waals surface area (Å²) in [5, 5.41) is 24.5. The van der Waals surface area contributed by atoms with Gasteiger partial charge in [-0.15, -0.1) is 0 Å². The molecule has 0 radical (unpaired) electrons. The molecular weight excluding hydrogens is 600 g/mol. The second-order valence-electron chi connectivity index (χ2n) is 14.3. The number of carbonyl (C=O) groups is 5. The van der Waals surface area contributed by atoms with Crippen LogP contribution in [0.4, 0.5) is 0 Å². The zero-order chi connectivity index (χ0) is 32.8. The highest BCUT2D eigenvalue weighted by Gasteiger charge is 3.04. The molecule has 4 heterocycles. The number of hydrogen-bond acceptors (Lipinski definition) is 12. The van der Waals surface area contributed by atoms with Crippen molar-refractivity contribution in [1.82, 2.24) is 0 Å².